The van der Waals surface area contributed by atoms with Crippen molar-refractivity contribution in [1.29, 1.82) is 0 Å². The number of aromatic nitrogens is 5. The second-order valence-corrected chi connectivity index (χ2v) is 8.18. The van der Waals surface area contributed by atoms with Gasteiger partial charge >= 0.3 is 6.01 Å². The molecule has 0 saturated carbocycles. The summed E-state index contributed by atoms with van der Waals surface area (Å²) >= 11 is 0. The molecule has 0 aliphatic heterocycles. The largest absolute Gasteiger partial charge is 0.480 e. The summed E-state index contributed by atoms with van der Waals surface area (Å²) in [4.78, 5) is 17.0. The maximum absolute atomic E-state index is 10.4. The van der Waals surface area contributed by atoms with Gasteiger partial charge in [-0.1, -0.05) is 31.5 Å². The molecule has 0 atom stereocenters. The van der Waals surface area contributed by atoms with Crippen molar-refractivity contribution in [1.82, 2.24) is 29.8 Å². The van der Waals surface area contributed by atoms with Gasteiger partial charge in [0.1, 0.15) is 5.75 Å². The van der Waals surface area contributed by atoms with E-state index in [0.717, 1.165) is 37.1 Å². The third-order valence-corrected chi connectivity index (χ3v) is 5.41. The fourth-order valence-corrected chi connectivity index (χ4v) is 3.46. The van der Waals surface area contributed by atoms with Gasteiger partial charge in [0.05, 0.1) is 19.8 Å². The molecule has 1 aromatic carbocycles. The average molecular weight is 494 g/mol. The number of aromatic hydroxyl groups is 1. The van der Waals surface area contributed by atoms with Crippen molar-refractivity contribution in [2.24, 2.45) is 0 Å². The molecule has 3 heterocycles. The quantitative estimate of drug-likeness (QED) is 0.237. The number of rotatable bonds is 13. The molecule has 4 aromatic rings. The van der Waals surface area contributed by atoms with Gasteiger partial charge in [-0.2, -0.15) is 15.0 Å². The Balaban J connectivity index is 1.41. The number of ether oxygens (including phenoxy) is 3. The molecule has 11 nitrogen and oxygen atoms in total. The summed E-state index contributed by atoms with van der Waals surface area (Å²) in [6.07, 6.45) is 3.54. The van der Waals surface area contributed by atoms with Crippen LogP contribution in [0.5, 0.6) is 23.7 Å². The summed E-state index contributed by atoms with van der Waals surface area (Å²) in [5.41, 5.74) is 8.70. The summed E-state index contributed by atoms with van der Waals surface area (Å²) in [6.45, 7) is 5.07. The Hall–Kier alpha value is -3.96. The number of nitrogen functional groups attached to an aromatic ring is 1. The van der Waals surface area contributed by atoms with Gasteiger partial charge in [0, 0.05) is 32.5 Å². The van der Waals surface area contributed by atoms with Crippen LogP contribution in [0.25, 0.3) is 11.2 Å². The van der Waals surface area contributed by atoms with E-state index in [1.165, 1.54) is 4.57 Å². The van der Waals surface area contributed by atoms with Crippen LogP contribution in [0.4, 0.5) is 5.82 Å². The summed E-state index contributed by atoms with van der Waals surface area (Å²) < 4.78 is 18.0. The average Bonchev–Trinajstić information content (AvgIpc) is 3.20. The Morgan fingerprint density at radius 2 is 1.83 bits per heavy atom. The number of fused-ring (bicyclic) bond motifs is 1. The van der Waals surface area contributed by atoms with Gasteiger partial charge in [0.15, 0.2) is 17.0 Å². The molecule has 0 aliphatic carbocycles. The molecule has 4 rings (SSSR count). The third-order valence-electron chi connectivity index (χ3n) is 5.41. The van der Waals surface area contributed by atoms with Crippen molar-refractivity contribution in [2.75, 3.05) is 32.6 Å². The summed E-state index contributed by atoms with van der Waals surface area (Å²) in [6, 6.07) is 11.4. The highest BCUT2D eigenvalue weighted by molar-refractivity contribution is 5.83. The van der Waals surface area contributed by atoms with Gasteiger partial charge in [-0.15, -0.1) is 0 Å². The van der Waals surface area contributed by atoms with Crippen molar-refractivity contribution >= 4 is 17.0 Å². The molecule has 190 valence electrons. The van der Waals surface area contributed by atoms with E-state index < -0.39 is 0 Å². The highest BCUT2D eigenvalue weighted by atomic mass is 16.5. The van der Waals surface area contributed by atoms with Crippen LogP contribution in [0.15, 0.2) is 42.6 Å². The lowest BCUT2D eigenvalue weighted by Crippen LogP contribution is -2.18. The zero-order valence-corrected chi connectivity index (χ0v) is 20.5. The van der Waals surface area contributed by atoms with Crippen LogP contribution in [-0.4, -0.2) is 56.5 Å². The van der Waals surface area contributed by atoms with Gasteiger partial charge in [-0.25, -0.2) is 4.98 Å². The van der Waals surface area contributed by atoms with Gasteiger partial charge in [-0.05, 0) is 29.7 Å². The van der Waals surface area contributed by atoms with Crippen molar-refractivity contribution in [2.45, 2.75) is 32.9 Å². The second-order valence-electron chi connectivity index (χ2n) is 8.18. The van der Waals surface area contributed by atoms with Crippen LogP contribution < -0.4 is 20.5 Å². The predicted octanol–water partition coefficient (Wildman–Crippen LogP) is 3.26. The number of nitrogens with two attached hydrogens (primary N) is 1. The first-order chi connectivity index (χ1) is 17.6. The number of nitrogens with zero attached hydrogens (tertiary/aromatic N) is 5. The van der Waals surface area contributed by atoms with Crippen LogP contribution in [-0.2, 0) is 17.8 Å². The first-order valence-electron chi connectivity index (χ1n) is 11.8. The zero-order valence-electron chi connectivity index (χ0n) is 20.5. The molecule has 36 heavy (non-hydrogen) atoms. The number of anilines is 1. The molecular formula is C25H31N7O4. The molecule has 0 spiro atoms. The van der Waals surface area contributed by atoms with E-state index >= 15 is 0 Å². The van der Waals surface area contributed by atoms with Crippen LogP contribution in [0, 0.1) is 0 Å². The lowest BCUT2D eigenvalue weighted by molar-refractivity contribution is 0.199. The molecule has 11 heteroatoms. The molecule has 4 N–H and O–H groups in total. The Bertz CT molecular complexity index is 1260. The Labute approximate surface area is 209 Å². The first kappa shape index (κ1) is 25.1. The number of pyridine rings is 1. The van der Waals surface area contributed by atoms with E-state index in [1.807, 2.05) is 30.3 Å². The maximum atomic E-state index is 10.4. The van der Waals surface area contributed by atoms with Crippen molar-refractivity contribution < 1.29 is 19.3 Å². The number of nitrogens with one attached hydrogen (secondary N) is 1. The van der Waals surface area contributed by atoms with E-state index in [1.54, 1.807) is 19.4 Å². The number of methoxy groups -OCH3 is 1. The van der Waals surface area contributed by atoms with E-state index in [2.05, 4.69) is 32.2 Å². The molecule has 0 radical (unpaired) electrons. The lowest BCUT2D eigenvalue weighted by Gasteiger charge is -2.09. The molecular weight excluding hydrogens is 462 g/mol. The molecule has 0 fully saturated rings. The fraction of sp³-hybridized carbons (Fsp3) is 0.360. The van der Waals surface area contributed by atoms with Gasteiger partial charge in [-0.3, -0.25) is 4.57 Å². The molecule has 0 unspecified atom stereocenters. The summed E-state index contributed by atoms with van der Waals surface area (Å²) in [5.74, 6) is 1.30. The molecule has 0 aliphatic rings. The van der Waals surface area contributed by atoms with Crippen molar-refractivity contribution in [3.63, 3.8) is 0 Å². The highest BCUT2D eigenvalue weighted by Crippen LogP contribution is 2.26. The Morgan fingerprint density at radius 3 is 2.56 bits per heavy atom. The van der Waals surface area contributed by atoms with E-state index in [0.29, 0.717) is 36.0 Å². The van der Waals surface area contributed by atoms with Crippen LogP contribution in [0.3, 0.4) is 0 Å². The van der Waals surface area contributed by atoms with Crippen molar-refractivity contribution in [3.05, 3.63) is 53.7 Å². The topological polar surface area (TPSA) is 142 Å². The predicted molar refractivity (Wildman–Crippen MR) is 135 cm³/mol. The fourth-order valence-electron chi connectivity index (χ4n) is 3.46. The number of hydrogen-bond acceptors (Lipinski definition) is 10. The molecule has 3 aromatic heterocycles. The standard InChI is InChI=1S/C25H31N7O4/c1-3-4-12-35-24-30-22(26)21-23(31-24)32(25(33)29-21)16-18-7-10-20(28-15-18)36-19-8-5-17(6-9-19)14-27-11-13-34-2/h5-10,15,27H,3-4,11-14,16H2,1-2H3,(H,29,33)(H2,26,30,31). The summed E-state index contributed by atoms with van der Waals surface area (Å²) in [5, 5.41) is 13.7. The smallest absolute Gasteiger partial charge is 0.320 e. The van der Waals surface area contributed by atoms with Crippen LogP contribution in [0.2, 0.25) is 0 Å². The Morgan fingerprint density at radius 1 is 1.03 bits per heavy atom. The second kappa shape index (κ2) is 12.1. The summed E-state index contributed by atoms with van der Waals surface area (Å²) in [7, 11) is 1.68. The number of unbranched alkanes of at least 4 members (excludes halogenated alkanes) is 1. The minimum Gasteiger partial charge on any atom is -0.480 e. The van der Waals surface area contributed by atoms with Gasteiger partial charge in [0.25, 0.3) is 6.01 Å². The molecule has 0 amide bonds. The van der Waals surface area contributed by atoms with Gasteiger partial charge < -0.3 is 30.4 Å². The maximum Gasteiger partial charge on any atom is 0.320 e. The lowest BCUT2D eigenvalue weighted by atomic mass is 10.2. The molecule has 0 saturated heterocycles. The highest BCUT2D eigenvalue weighted by Gasteiger charge is 2.17. The SMILES string of the molecule is CCCCOc1nc(N)c2nc(O)n(Cc3ccc(Oc4ccc(CNCCOC)cc4)nc3)c2n1. The van der Waals surface area contributed by atoms with Gasteiger partial charge in [0.2, 0.25) is 5.88 Å². The molecule has 0 bridgehead atoms. The minimum absolute atomic E-state index is 0.152. The normalized spacial score (nSPS) is 11.2. The third kappa shape index (κ3) is 6.37. The minimum atomic E-state index is -0.214. The van der Waals surface area contributed by atoms with Crippen LogP contribution in [0.1, 0.15) is 30.9 Å². The number of benzene rings is 1. The van der Waals surface area contributed by atoms with E-state index in [9.17, 15) is 5.11 Å². The first-order valence-corrected chi connectivity index (χ1v) is 11.8. The van der Waals surface area contributed by atoms with E-state index in [-0.39, 0.29) is 24.4 Å². The van der Waals surface area contributed by atoms with Crippen LogP contribution >= 0.6 is 0 Å². The number of hydrogen-bond donors (Lipinski definition) is 3. The van der Waals surface area contributed by atoms with Crippen molar-refractivity contribution in [3.8, 4) is 23.7 Å². The Kier molecular flexibility index (Phi) is 8.48. The monoisotopic (exact) mass is 493 g/mol. The van der Waals surface area contributed by atoms with E-state index in [4.69, 9.17) is 19.9 Å². The zero-order chi connectivity index (χ0) is 25.3. The number of imidazole rings is 1.